The van der Waals surface area contributed by atoms with Crippen molar-refractivity contribution in [3.63, 3.8) is 0 Å². The molecule has 0 radical (unpaired) electrons. The Morgan fingerprint density at radius 3 is 3.04 bits per heavy atom. The summed E-state index contributed by atoms with van der Waals surface area (Å²) in [6.07, 6.45) is 8.03. The Morgan fingerprint density at radius 2 is 2.17 bits per heavy atom. The fourth-order valence-corrected chi connectivity index (χ4v) is 4.28. The van der Waals surface area contributed by atoms with Gasteiger partial charge in [0.25, 0.3) is 5.91 Å². The van der Waals surface area contributed by atoms with Gasteiger partial charge < -0.3 is 14.6 Å². The van der Waals surface area contributed by atoms with Gasteiger partial charge in [0.05, 0.1) is 18.2 Å². The highest BCUT2D eigenvalue weighted by atomic mass is 16.5. The van der Waals surface area contributed by atoms with Crippen molar-refractivity contribution in [2.45, 2.75) is 63.1 Å². The molecular weight excluding hydrogens is 294 g/mol. The summed E-state index contributed by atoms with van der Waals surface area (Å²) in [5, 5.41) is 7.17. The summed E-state index contributed by atoms with van der Waals surface area (Å²) < 4.78 is 11.1. The van der Waals surface area contributed by atoms with Crippen LogP contribution in [-0.2, 0) is 11.3 Å². The molecule has 126 valence electrons. The largest absolute Gasteiger partial charge is 0.376 e. The predicted molar refractivity (Wildman–Crippen MR) is 84.0 cm³/mol. The van der Waals surface area contributed by atoms with Crippen LogP contribution in [0, 0.1) is 0 Å². The number of amides is 1. The van der Waals surface area contributed by atoms with E-state index in [9.17, 15) is 4.79 Å². The van der Waals surface area contributed by atoms with E-state index in [1.54, 1.807) is 6.07 Å². The summed E-state index contributed by atoms with van der Waals surface area (Å²) >= 11 is 0. The lowest BCUT2D eigenvalue weighted by molar-refractivity contribution is 0.0712. The maximum atomic E-state index is 12.5. The van der Waals surface area contributed by atoms with E-state index < -0.39 is 0 Å². The SMILES string of the molecule is O=C(N[C@]12CCC[C@H]1OCC2)c1cc(CN2CCCCC2)on1. The highest BCUT2D eigenvalue weighted by molar-refractivity contribution is 5.92. The zero-order valence-electron chi connectivity index (χ0n) is 13.6. The summed E-state index contributed by atoms with van der Waals surface area (Å²) in [4.78, 5) is 14.9. The molecule has 2 saturated heterocycles. The van der Waals surface area contributed by atoms with Gasteiger partial charge in [0.15, 0.2) is 11.5 Å². The van der Waals surface area contributed by atoms with E-state index in [1.165, 1.54) is 19.3 Å². The van der Waals surface area contributed by atoms with Gasteiger partial charge >= 0.3 is 0 Å². The molecule has 0 unspecified atom stereocenters. The molecule has 6 nitrogen and oxygen atoms in total. The highest BCUT2D eigenvalue weighted by Crippen LogP contribution is 2.39. The van der Waals surface area contributed by atoms with E-state index in [0.717, 1.165) is 57.7 Å². The first kappa shape index (κ1) is 15.1. The number of aromatic nitrogens is 1. The van der Waals surface area contributed by atoms with Gasteiger partial charge in [-0.3, -0.25) is 9.69 Å². The second-order valence-corrected chi connectivity index (χ2v) is 7.13. The molecule has 0 bridgehead atoms. The molecule has 3 fully saturated rings. The number of carbonyl (C=O) groups excluding carboxylic acids is 1. The first-order valence-corrected chi connectivity index (χ1v) is 8.87. The summed E-state index contributed by atoms with van der Waals surface area (Å²) in [5.74, 6) is 0.649. The fourth-order valence-electron chi connectivity index (χ4n) is 4.28. The lowest BCUT2D eigenvalue weighted by Gasteiger charge is -2.28. The maximum Gasteiger partial charge on any atom is 0.273 e. The van der Waals surface area contributed by atoms with Crippen molar-refractivity contribution in [3.8, 4) is 0 Å². The van der Waals surface area contributed by atoms with Crippen LogP contribution in [0.3, 0.4) is 0 Å². The Labute approximate surface area is 136 Å². The molecule has 6 heteroatoms. The molecule has 2 aliphatic heterocycles. The fraction of sp³-hybridized carbons (Fsp3) is 0.765. The van der Waals surface area contributed by atoms with Gasteiger partial charge in [0, 0.05) is 12.7 Å². The summed E-state index contributed by atoms with van der Waals surface area (Å²) in [7, 11) is 0. The van der Waals surface area contributed by atoms with Crippen molar-refractivity contribution in [3.05, 3.63) is 17.5 Å². The van der Waals surface area contributed by atoms with Crippen LogP contribution < -0.4 is 5.32 Å². The van der Waals surface area contributed by atoms with Crippen molar-refractivity contribution in [1.82, 2.24) is 15.4 Å². The number of piperidine rings is 1. The van der Waals surface area contributed by atoms with E-state index in [0.29, 0.717) is 5.69 Å². The van der Waals surface area contributed by atoms with Gasteiger partial charge in [-0.2, -0.15) is 0 Å². The Bertz CT molecular complexity index is 555. The van der Waals surface area contributed by atoms with E-state index in [-0.39, 0.29) is 17.6 Å². The lowest BCUT2D eigenvalue weighted by Crippen LogP contribution is -2.51. The zero-order chi connectivity index (χ0) is 15.7. The summed E-state index contributed by atoms with van der Waals surface area (Å²) in [6.45, 7) is 3.69. The molecule has 1 aromatic heterocycles. The minimum atomic E-state index is -0.178. The van der Waals surface area contributed by atoms with Crippen molar-refractivity contribution in [2.24, 2.45) is 0 Å². The highest BCUT2D eigenvalue weighted by Gasteiger charge is 2.48. The minimum Gasteiger partial charge on any atom is -0.376 e. The molecule has 3 heterocycles. The van der Waals surface area contributed by atoms with Crippen LogP contribution in [0.2, 0.25) is 0 Å². The molecule has 0 spiro atoms. The Hall–Kier alpha value is -1.40. The summed E-state index contributed by atoms with van der Waals surface area (Å²) in [6, 6.07) is 1.79. The number of hydrogen-bond donors (Lipinski definition) is 1. The number of rotatable bonds is 4. The van der Waals surface area contributed by atoms with Crippen LogP contribution in [0.5, 0.6) is 0 Å². The number of ether oxygens (including phenoxy) is 1. The maximum absolute atomic E-state index is 12.5. The number of fused-ring (bicyclic) bond motifs is 1. The molecule has 1 N–H and O–H groups in total. The van der Waals surface area contributed by atoms with Gasteiger partial charge in [-0.25, -0.2) is 0 Å². The standard InChI is InChI=1S/C17H25N3O3/c21-16(18-17-6-4-5-15(17)22-10-7-17)14-11-13(23-19-14)12-20-8-2-1-3-9-20/h11,15H,1-10,12H2,(H,18,21)/t15-,17+/m1/s1. The van der Waals surface area contributed by atoms with Crippen LogP contribution >= 0.6 is 0 Å². The number of likely N-dealkylation sites (tertiary alicyclic amines) is 1. The second-order valence-electron chi connectivity index (χ2n) is 7.13. The smallest absolute Gasteiger partial charge is 0.273 e. The van der Waals surface area contributed by atoms with Crippen LogP contribution in [0.25, 0.3) is 0 Å². The van der Waals surface area contributed by atoms with Crippen molar-refractivity contribution in [2.75, 3.05) is 19.7 Å². The van der Waals surface area contributed by atoms with Crippen molar-refractivity contribution >= 4 is 5.91 Å². The first-order chi connectivity index (χ1) is 11.3. The Morgan fingerprint density at radius 1 is 1.30 bits per heavy atom. The average Bonchev–Trinajstić information content (AvgIpc) is 3.23. The van der Waals surface area contributed by atoms with Gasteiger partial charge in [-0.15, -0.1) is 0 Å². The molecule has 4 rings (SSSR count). The average molecular weight is 319 g/mol. The van der Waals surface area contributed by atoms with E-state index >= 15 is 0 Å². The van der Waals surface area contributed by atoms with Crippen LogP contribution in [0.4, 0.5) is 0 Å². The third-order valence-corrected chi connectivity index (χ3v) is 5.55. The molecule has 2 atom stereocenters. The Kier molecular flexibility index (Phi) is 4.11. The summed E-state index contributed by atoms with van der Waals surface area (Å²) in [5.41, 5.74) is 0.215. The molecule has 3 aliphatic rings. The van der Waals surface area contributed by atoms with Crippen LogP contribution in [0.1, 0.15) is 61.2 Å². The molecular formula is C17H25N3O3. The molecule has 23 heavy (non-hydrogen) atoms. The number of hydrogen-bond acceptors (Lipinski definition) is 5. The monoisotopic (exact) mass is 319 g/mol. The molecule has 1 amide bonds. The normalized spacial score (nSPS) is 31.2. The first-order valence-electron chi connectivity index (χ1n) is 8.87. The van der Waals surface area contributed by atoms with E-state index in [2.05, 4.69) is 15.4 Å². The third kappa shape index (κ3) is 3.02. The second kappa shape index (κ2) is 6.24. The molecule has 1 saturated carbocycles. The number of nitrogens with one attached hydrogen (secondary N) is 1. The zero-order valence-corrected chi connectivity index (χ0v) is 13.6. The number of carbonyl (C=O) groups is 1. The van der Waals surface area contributed by atoms with E-state index in [1.807, 2.05) is 0 Å². The van der Waals surface area contributed by atoms with Crippen LogP contribution in [0.15, 0.2) is 10.6 Å². The van der Waals surface area contributed by atoms with Gasteiger partial charge in [0.1, 0.15) is 0 Å². The van der Waals surface area contributed by atoms with Gasteiger partial charge in [-0.05, 0) is 51.6 Å². The quantitative estimate of drug-likeness (QED) is 0.920. The van der Waals surface area contributed by atoms with E-state index in [4.69, 9.17) is 9.26 Å². The lowest BCUT2D eigenvalue weighted by atomic mass is 9.93. The molecule has 1 aromatic rings. The predicted octanol–water partition coefficient (Wildman–Crippen LogP) is 2.10. The van der Waals surface area contributed by atoms with Crippen molar-refractivity contribution < 1.29 is 14.1 Å². The van der Waals surface area contributed by atoms with Crippen molar-refractivity contribution in [1.29, 1.82) is 0 Å². The minimum absolute atomic E-state index is 0.129. The number of nitrogens with zero attached hydrogens (tertiary/aromatic N) is 2. The van der Waals surface area contributed by atoms with Crippen LogP contribution in [-0.4, -0.2) is 47.3 Å². The molecule has 1 aliphatic carbocycles. The topological polar surface area (TPSA) is 67.6 Å². The third-order valence-electron chi connectivity index (χ3n) is 5.55. The van der Waals surface area contributed by atoms with Gasteiger partial charge in [-0.1, -0.05) is 11.6 Å². The van der Waals surface area contributed by atoms with Gasteiger partial charge in [0.2, 0.25) is 0 Å². The molecule has 0 aromatic carbocycles. The Balaban J connectivity index is 1.39.